The van der Waals surface area contributed by atoms with Gasteiger partial charge in [-0.25, -0.2) is 0 Å². The monoisotopic (exact) mass is 763 g/mol. The van der Waals surface area contributed by atoms with E-state index in [-0.39, 0.29) is 27.6 Å². The van der Waals surface area contributed by atoms with Crippen molar-refractivity contribution in [3.8, 4) is 0 Å². The average molecular weight is 763 g/mol. The molecular weight excluding hydrogens is 669 g/mol. The van der Waals surface area contributed by atoms with Crippen molar-refractivity contribution in [1.29, 1.82) is 0 Å². The summed E-state index contributed by atoms with van der Waals surface area (Å²) in [6, 6.07) is 0. The molecule has 0 bridgehead atoms. The second-order valence-electron chi connectivity index (χ2n) is 25.2. The number of carbonyl (C=O) groups excluding carboxylic acids is 1. The van der Waals surface area contributed by atoms with E-state index >= 15 is 0 Å². The first-order valence-corrected chi connectivity index (χ1v) is 22.1. The minimum atomic E-state index is 0.0265. The highest BCUT2D eigenvalue weighted by molar-refractivity contribution is 5.80. The Bertz CT molecular complexity index is 1390. The van der Waals surface area contributed by atoms with Gasteiger partial charge in [0, 0.05) is 41.3 Å². The molecule has 318 valence electrons. The molecule has 55 heavy (non-hydrogen) atoms. The molecular formula is C52H94N2O. The van der Waals surface area contributed by atoms with Gasteiger partial charge in [-0.15, -0.1) is 0 Å². The number of carbonyl (C=O) groups is 1. The minimum Gasteiger partial charge on any atom is -0.329 e. The minimum absolute atomic E-state index is 0.0265. The van der Waals surface area contributed by atoms with Gasteiger partial charge in [0.05, 0.1) is 0 Å². The molecule has 2 aliphatic heterocycles. The van der Waals surface area contributed by atoms with Crippen LogP contribution < -0.4 is 5.32 Å². The number of rotatable bonds is 0. The highest BCUT2D eigenvalue weighted by atomic mass is 16.1. The third-order valence-electron chi connectivity index (χ3n) is 11.5. The van der Waals surface area contributed by atoms with Gasteiger partial charge in [0.25, 0.3) is 0 Å². The summed E-state index contributed by atoms with van der Waals surface area (Å²) in [6.45, 7) is 54.8. The van der Waals surface area contributed by atoms with E-state index in [9.17, 15) is 4.79 Å². The fourth-order valence-corrected chi connectivity index (χ4v) is 8.70. The quantitative estimate of drug-likeness (QED) is 0.245. The molecule has 4 rings (SSSR count). The summed E-state index contributed by atoms with van der Waals surface area (Å²) >= 11 is 0. The van der Waals surface area contributed by atoms with Gasteiger partial charge in [-0.1, -0.05) is 188 Å². The SMILES string of the molecule is CC(C)(C)C1=C(C(C)(C)C)CCC1.CC(C)(C)C1=C(C(C)(C)C)CCCC1.CC(C)(C)C1=C(C(C)(C)C)N=CC1.CC(C)(C)C1=C(C(C)(C)C)NC(=O)CC1. The Labute approximate surface area is 344 Å². The van der Waals surface area contributed by atoms with Gasteiger partial charge in [0.2, 0.25) is 5.91 Å². The maximum absolute atomic E-state index is 11.4. The van der Waals surface area contributed by atoms with E-state index in [0.29, 0.717) is 28.1 Å². The molecule has 0 saturated carbocycles. The molecule has 0 saturated heterocycles. The first kappa shape index (κ1) is 51.1. The van der Waals surface area contributed by atoms with Crippen molar-refractivity contribution in [3.05, 3.63) is 44.8 Å². The van der Waals surface area contributed by atoms with Crippen LogP contribution in [-0.4, -0.2) is 12.1 Å². The van der Waals surface area contributed by atoms with E-state index in [1.54, 1.807) is 22.3 Å². The molecule has 0 spiro atoms. The lowest BCUT2D eigenvalue weighted by molar-refractivity contribution is -0.121. The molecule has 1 N–H and O–H groups in total. The Kier molecular flexibility index (Phi) is 17.1. The fraction of sp³-hybridized carbons (Fsp3) is 0.808. The average Bonchev–Trinajstić information content (AvgIpc) is 3.67. The van der Waals surface area contributed by atoms with Crippen molar-refractivity contribution >= 4 is 12.1 Å². The zero-order valence-electron chi connectivity index (χ0n) is 41.5. The lowest BCUT2D eigenvalue weighted by atomic mass is 9.69. The van der Waals surface area contributed by atoms with Gasteiger partial charge in [-0.3, -0.25) is 9.79 Å². The van der Waals surface area contributed by atoms with Crippen LogP contribution in [0.3, 0.4) is 0 Å². The summed E-state index contributed by atoms with van der Waals surface area (Å²) < 4.78 is 0. The van der Waals surface area contributed by atoms with Crippen LogP contribution in [0.2, 0.25) is 0 Å². The van der Waals surface area contributed by atoms with Crippen LogP contribution in [0.25, 0.3) is 0 Å². The first-order valence-electron chi connectivity index (χ1n) is 22.1. The lowest BCUT2D eigenvalue weighted by Crippen LogP contribution is -2.37. The van der Waals surface area contributed by atoms with Gasteiger partial charge in [-0.2, -0.15) is 0 Å². The topological polar surface area (TPSA) is 41.5 Å². The van der Waals surface area contributed by atoms with Gasteiger partial charge >= 0.3 is 0 Å². The van der Waals surface area contributed by atoms with E-state index in [4.69, 9.17) is 0 Å². The summed E-state index contributed by atoms with van der Waals surface area (Å²) in [4.78, 5) is 16.0. The first-order chi connectivity index (χ1) is 24.3. The molecule has 3 heteroatoms. The predicted molar refractivity (Wildman–Crippen MR) is 247 cm³/mol. The third kappa shape index (κ3) is 16.1. The van der Waals surface area contributed by atoms with Crippen LogP contribution >= 0.6 is 0 Å². The number of hydrogen-bond acceptors (Lipinski definition) is 2. The third-order valence-corrected chi connectivity index (χ3v) is 11.5. The number of aliphatic imine (C=N–C) groups is 1. The van der Waals surface area contributed by atoms with Gasteiger partial charge in [-0.05, 0) is 95.0 Å². The molecule has 3 nitrogen and oxygen atoms in total. The molecule has 0 fully saturated rings. The predicted octanol–water partition coefficient (Wildman–Crippen LogP) is 16.6. The van der Waals surface area contributed by atoms with Crippen molar-refractivity contribution in [2.45, 2.75) is 230 Å². The van der Waals surface area contributed by atoms with E-state index in [0.717, 1.165) is 18.5 Å². The Balaban J connectivity index is 0.000000367. The largest absolute Gasteiger partial charge is 0.329 e. The summed E-state index contributed by atoms with van der Waals surface area (Å²) in [6.07, 6.45) is 14.1. The molecule has 2 heterocycles. The van der Waals surface area contributed by atoms with Gasteiger partial charge < -0.3 is 5.32 Å². The molecule has 0 atom stereocenters. The van der Waals surface area contributed by atoms with Crippen molar-refractivity contribution in [1.82, 2.24) is 5.32 Å². The standard InChI is InChI=1S/C14H26.C13H23NO.C13H24.C12H21N/c1-13(2,3)11-9-7-8-10-12(11)14(4,5)6;1-12(2,3)9-7-8-10(15)14-11(9)13(4,5)6;1-12(2,3)10-8-7-9-11(10)13(4,5)6;1-11(2,3)9-7-8-13-10(9)12(4,5)6/h7-10H2,1-6H3;7-8H2,1-6H3,(H,14,15);7-9H2,1-6H3;8H,7H2,1-6H3. The van der Waals surface area contributed by atoms with E-state index in [2.05, 4.69) is 176 Å². The molecule has 4 aliphatic rings. The van der Waals surface area contributed by atoms with Crippen molar-refractivity contribution in [2.24, 2.45) is 48.3 Å². The molecule has 0 aromatic rings. The highest BCUT2D eigenvalue weighted by Crippen LogP contribution is 2.47. The van der Waals surface area contributed by atoms with E-state index < -0.39 is 0 Å². The zero-order chi connectivity index (χ0) is 43.4. The Morgan fingerprint density at radius 1 is 0.382 bits per heavy atom. The van der Waals surface area contributed by atoms with Crippen LogP contribution in [0, 0.1) is 43.3 Å². The molecule has 0 aromatic heterocycles. The Morgan fingerprint density at radius 2 is 0.709 bits per heavy atom. The van der Waals surface area contributed by atoms with Gasteiger partial charge in [0.1, 0.15) is 0 Å². The second-order valence-corrected chi connectivity index (χ2v) is 25.2. The van der Waals surface area contributed by atoms with E-state index in [1.165, 1.54) is 61.8 Å². The van der Waals surface area contributed by atoms with Crippen LogP contribution in [0.5, 0.6) is 0 Å². The van der Waals surface area contributed by atoms with Crippen molar-refractivity contribution in [2.75, 3.05) is 0 Å². The zero-order valence-corrected chi connectivity index (χ0v) is 41.5. The number of amides is 1. The molecule has 0 unspecified atom stereocenters. The summed E-state index contributed by atoms with van der Waals surface area (Å²) in [5.41, 5.74) is 14.4. The van der Waals surface area contributed by atoms with Crippen molar-refractivity contribution in [3.63, 3.8) is 0 Å². The Morgan fingerprint density at radius 3 is 0.982 bits per heavy atom. The number of hydrogen-bond donors (Lipinski definition) is 1. The molecule has 2 aliphatic carbocycles. The highest BCUT2D eigenvalue weighted by Gasteiger charge is 2.34. The maximum Gasteiger partial charge on any atom is 0.224 e. The van der Waals surface area contributed by atoms with Crippen LogP contribution in [-0.2, 0) is 4.79 Å². The van der Waals surface area contributed by atoms with Gasteiger partial charge in [0.15, 0.2) is 0 Å². The second kappa shape index (κ2) is 18.4. The van der Waals surface area contributed by atoms with Crippen LogP contribution in [0.4, 0.5) is 0 Å². The van der Waals surface area contributed by atoms with Crippen LogP contribution in [0.1, 0.15) is 230 Å². The lowest BCUT2D eigenvalue weighted by Gasteiger charge is -2.36. The number of nitrogens with one attached hydrogen (secondary N) is 1. The number of nitrogens with zero attached hydrogens (tertiary/aromatic N) is 1. The molecule has 1 amide bonds. The molecule has 0 aromatic carbocycles. The van der Waals surface area contributed by atoms with E-state index in [1.807, 2.05) is 6.21 Å². The molecule has 0 radical (unpaired) electrons. The fourth-order valence-electron chi connectivity index (χ4n) is 8.70. The van der Waals surface area contributed by atoms with Crippen molar-refractivity contribution < 1.29 is 4.79 Å². The summed E-state index contributed by atoms with van der Waals surface area (Å²) in [7, 11) is 0. The smallest absolute Gasteiger partial charge is 0.224 e. The number of allylic oxidation sites excluding steroid dienone is 8. The van der Waals surface area contributed by atoms with Crippen LogP contribution in [0.15, 0.2) is 49.8 Å². The summed E-state index contributed by atoms with van der Waals surface area (Å²) in [5.74, 6) is 0.160. The Hall–Kier alpha value is -1.90. The normalized spacial score (nSPS) is 19.5. The maximum atomic E-state index is 11.4. The summed E-state index contributed by atoms with van der Waals surface area (Å²) in [5, 5.41) is 3.05.